The fourth-order valence-electron chi connectivity index (χ4n) is 3.73. The molecule has 170 valence electrons. The Kier molecular flexibility index (Phi) is 10.2. The minimum absolute atomic E-state index is 0.668. The van der Waals surface area contributed by atoms with Gasteiger partial charge in [0.05, 0.1) is 24.7 Å². The molecular weight excluding hydrogens is 394 g/mol. The van der Waals surface area contributed by atoms with Gasteiger partial charge in [-0.25, -0.2) is 9.97 Å². The second-order valence-electron chi connectivity index (χ2n) is 8.44. The highest BCUT2D eigenvalue weighted by molar-refractivity contribution is 5.63. The fraction of sp³-hybridized carbons (Fsp3) is 0.464. The van der Waals surface area contributed by atoms with Crippen molar-refractivity contribution in [3.05, 3.63) is 60.6 Å². The highest BCUT2D eigenvalue weighted by Gasteiger charge is 2.05. The van der Waals surface area contributed by atoms with Gasteiger partial charge < -0.3 is 4.74 Å². The van der Waals surface area contributed by atoms with Crippen LogP contribution in [-0.2, 0) is 6.42 Å². The number of pyridine rings is 1. The number of aromatic nitrogens is 3. The molecule has 0 saturated heterocycles. The number of hydrogen-bond acceptors (Lipinski definition) is 4. The monoisotopic (exact) mass is 431 g/mol. The number of aryl methyl sites for hydroxylation is 1. The minimum Gasteiger partial charge on any atom is -0.490 e. The van der Waals surface area contributed by atoms with Crippen molar-refractivity contribution in [3.63, 3.8) is 0 Å². The lowest BCUT2D eigenvalue weighted by atomic mass is 10.0. The maximum absolute atomic E-state index is 5.76. The molecule has 0 atom stereocenters. The summed E-state index contributed by atoms with van der Waals surface area (Å²) in [6.45, 7) is 5.20. The summed E-state index contributed by atoms with van der Waals surface area (Å²) in [5.41, 5.74) is 4.41. The van der Waals surface area contributed by atoms with E-state index in [1.54, 1.807) is 12.4 Å². The van der Waals surface area contributed by atoms with Crippen molar-refractivity contribution in [2.75, 3.05) is 6.61 Å². The van der Waals surface area contributed by atoms with Crippen LogP contribution in [0.4, 0.5) is 0 Å². The summed E-state index contributed by atoms with van der Waals surface area (Å²) in [6.07, 6.45) is 17.8. The smallest absolute Gasteiger partial charge is 0.160 e. The lowest BCUT2D eigenvalue weighted by Gasteiger charge is -2.07. The molecule has 0 unspecified atom stereocenters. The molecular formula is C28H37N3O. The number of rotatable bonds is 14. The zero-order chi connectivity index (χ0) is 22.4. The van der Waals surface area contributed by atoms with Gasteiger partial charge in [0.25, 0.3) is 0 Å². The largest absolute Gasteiger partial charge is 0.490 e. The van der Waals surface area contributed by atoms with Gasteiger partial charge in [-0.1, -0.05) is 83.1 Å². The molecule has 32 heavy (non-hydrogen) atoms. The van der Waals surface area contributed by atoms with Gasteiger partial charge in [0.1, 0.15) is 0 Å². The topological polar surface area (TPSA) is 47.9 Å². The Morgan fingerprint density at radius 3 is 1.94 bits per heavy atom. The standard InChI is InChI=1S/C28H37N3O/c1-3-5-7-9-11-19-32-26-21-30-28(31-22-26)25-17-18-27(29-20-25)24-15-13-23(14-16-24)12-10-8-6-4-2/h13-18,20-22H,3-12,19H2,1-2H3. The van der Waals surface area contributed by atoms with Crippen molar-refractivity contribution in [1.82, 2.24) is 15.0 Å². The summed E-state index contributed by atoms with van der Waals surface area (Å²) in [6, 6.07) is 12.9. The van der Waals surface area contributed by atoms with Crippen molar-refractivity contribution in [3.8, 4) is 28.4 Å². The van der Waals surface area contributed by atoms with E-state index >= 15 is 0 Å². The average Bonchev–Trinajstić information content (AvgIpc) is 2.85. The molecule has 0 bridgehead atoms. The number of nitrogens with zero attached hydrogens (tertiary/aromatic N) is 3. The average molecular weight is 432 g/mol. The zero-order valence-corrected chi connectivity index (χ0v) is 19.7. The van der Waals surface area contributed by atoms with Crippen LogP contribution < -0.4 is 4.74 Å². The molecule has 0 saturated carbocycles. The van der Waals surface area contributed by atoms with E-state index in [9.17, 15) is 0 Å². The summed E-state index contributed by atoms with van der Waals surface area (Å²) in [5.74, 6) is 1.39. The first-order valence-electron chi connectivity index (χ1n) is 12.3. The third-order valence-corrected chi connectivity index (χ3v) is 5.74. The Bertz CT molecular complexity index is 889. The van der Waals surface area contributed by atoms with Crippen molar-refractivity contribution in [2.24, 2.45) is 0 Å². The van der Waals surface area contributed by atoms with Crippen LogP contribution in [0.15, 0.2) is 55.0 Å². The Hall–Kier alpha value is -2.75. The summed E-state index contributed by atoms with van der Waals surface area (Å²) in [4.78, 5) is 13.6. The summed E-state index contributed by atoms with van der Waals surface area (Å²) in [7, 11) is 0. The van der Waals surface area contributed by atoms with Crippen LogP contribution in [0.25, 0.3) is 22.6 Å². The van der Waals surface area contributed by atoms with E-state index < -0.39 is 0 Å². The van der Waals surface area contributed by atoms with Crippen molar-refractivity contribution < 1.29 is 4.74 Å². The van der Waals surface area contributed by atoms with Crippen LogP contribution in [-0.4, -0.2) is 21.6 Å². The van der Waals surface area contributed by atoms with Gasteiger partial charge in [0.15, 0.2) is 11.6 Å². The van der Waals surface area contributed by atoms with E-state index in [1.807, 2.05) is 18.3 Å². The number of benzene rings is 1. The first-order valence-corrected chi connectivity index (χ1v) is 12.3. The van der Waals surface area contributed by atoms with Crippen LogP contribution in [0.3, 0.4) is 0 Å². The van der Waals surface area contributed by atoms with E-state index in [0.717, 1.165) is 42.0 Å². The van der Waals surface area contributed by atoms with Gasteiger partial charge in [-0.15, -0.1) is 0 Å². The lowest BCUT2D eigenvalue weighted by Crippen LogP contribution is -1.99. The van der Waals surface area contributed by atoms with Gasteiger partial charge in [-0.2, -0.15) is 0 Å². The molecule has 2 heterocycles. The van der Waals surface area contributed by atoms with Gasteiger partial charge in [-0.05, 0) is 37.0 Å². The first-order chi connectivity index (χ1) is 15.8. The Labute approximate surface area is 193 Å². The molecule has 3 aromatic rings. The first kappa shape index (κ1) is 23.9. The molecule has 3 rings (SSSR count). The third-order valence-electron chi connectivity index (χ3n) is 5.74. The van der Waals surface area contributed by atoms with Gasteiger partial charge >= 0.3 is 0 Å². The van der Waals surface area contributed by atoms with Crippen LogP contribution >= 0.6 is 0 Å². The van der Waals surface area contributed by atoms with Gasteiger partial charge in [0.2, 0.25) is 0 Å². The molecule has 0 amide bonds. The predicted octanol–water partition coefficient (Wildman–Crippen LogP) is 7.68. The van der Waals surface area contributed by atoms with E-state index in [0.29, 0.717) is 5.82 Å². The molecule has 4 nitrogen and oxygen atoms in total. The van der Waals surface area contributed by atoms with Crippen LogP contribution in [0.5, 0.6) is 5.75 Å². The zero-order valence-electron chi connectivity index (χ0n) is 19.7. The van der Waals surface area contributed by atoms with Crippen LogP contribution in [0.2, 0.25) is 0 Å². The summed E-state index contributed by atoms with van der Waals surface area (Å²) >= 11 is 0. The molecule has 0 radical (unpaired) electrons. The Morgan fingerprint density at radius 1 is 0.625 bits per heavy atom. The maximum atomic E-state index is 5.76. The van der Waals surface area contributed by atoms with E-state index in [4.69, 9.17) is 4.74 Å². The van der Waals surface area contributed by atoms with Crippen molar-refractivity contribution >= 4 is 0 Å². The van der Waals surface area contributed by atoms with E-state index in [1.165, 1.54) is 56.9 Å². The second-order valence-corrected chi connectivity index (χ2v) is 8.44. The maximum Gasteiger partial charge on any atom is 0.160 e. The number of unbranched alkanes of at least 4 members (excludes halogenated alkanes) is 7. The highest BCUT2D eigenvalue weighted by Crippen LogP contribution is 2.22. The van der Waals surface area contributed by atoms with Crippen molar-refractivity contribution in [2.45, 2.75) is 78.1 Å². The molecule has 0 aliphatic heterocycles. The molecule has 2 aromatic heterocycles. The normalized spacial score (nSPS) is 10.9. The Balaban J connectivity index is 1.50. The molecule has 0 spiro atoms. The SMILES string of the molecule is CCCCCCCOc1cnc(-c2ccc(-c3ccc(CCCCCC)cc3)nc2)nc1. The van der Waals surface area contributed by atoms with Crippen LogP contribution in [0, 0.1) is 0 Å². The molecule has 0 aliphatic carbocycles. The summed E-state index contributed by atoms with van der Waals surface area (Å²) < 4.78 is 5.76. The molecule has 0 N–H and O–H groups in total. The van der Waals surface area contributed by atoms with E-state index in [-0.39, 0.29) is 0 Å². The molecule has 1 aromatic carbocycles. The van der Waals surface area contributed by atoms with E-state index in [2.05, 4.69) is 53.1 Å². The number of ether oxygens (including phenoxy) is 1. The van der Waals surface area contributed by atoms with Crippen LogP contribution in [0.1, 0.15) is 77.2 Å². The predicted molar refractivity (Wildman–Crippen MR) is 133 cm³/mol. The molecule has 4 heteroatoms. The van der Waals surface area contributed by atoms with Crippen molar-refractivity contribution in [1.29, 1.82) is 0 Å². The molecule has 0 aliphatic rings. The highest BCUT2D eigenvalue weighted by atomic mass is 16.5. The Morgan fingerprint density at radius 2 is 1.28 bits per heavy atom. The quantitative estimate of drug-likeness (QED) is 0.246. The third kappa shape index (κ3) is 7.74. The second kappa shape index (κ2) is 13.6. The summed E-state index contributed by atoms with van der Waals surface area (Å²) in [5, 5.41) is 0. The fourth-order valence-corrected chi connectivity index (χ4v) is 3.73. The number of hydrogen-bond donors (Lipinski definition) is 0. The van der Waals surface area contributed by atoms with Gasteiger partial charge in [-0.3, -0.25) is 4.98 Å². The minimum atomic E-state index is 0.668. The molecule has 0 fully saturated rings. The van der Waals surface area contributed by atoms with Gasteiger partial charge in [0, 0.05) is 17.3 Å². The lowest BCUT2D eigenvalue weighted by molar-refractivity contribution is 0.302.